The third-order valence-corrected chi connectivity index (χ3v) is 5.86. The quantitative estimate of drug-likeness (QED) is 0.307. The highest BCUT2D eigenvalue weighted by molar-refractivity contribution is 14.0. The number of halogens is 1. The lowest BCUT2D eigenvalue weighted by molar-refractivity contribution is -0.127. The van der Waals surface area contributed by atoms with Gasteiger partial charge in [-0.25, -0.2) is 0 Å². The number of hydrogen-bond acceptors (Lipinski definition) is 4. The summed E-state index contributed by atoms with van der Waals surface area (Å²) in [6.45, 7) is 4.27. The molecule has 0 aromatic heterocycles. The maximum Gasteiger partial charge on any atom is 0.223 e. The highest BCUT2D eigenvalue weighted by Gasteiger charge is 2.29. The molecule has 1 atom stereocenters. The molecule has 1 fully saturated rings. The number of carbonyl (C=O) groups is 1. The second-order valence-electron chi connectivity index (χ2n) is 8.28. The van der Waals surface area contributed by atoms with Crippen LogP contribution in [0.1, 0.15) is 24.0 Å². The van der Waals surface area contributed by atoms with Crippen molar-refractivity contribution in [3.8, 4) is 11.5 Å². The molecule has 0 saturated carbocycles. The molecule has 1 unspecified atom stereocenters. The first-order chi connectivity index (χ1) is 15.7. The summed E-state index contributed by atoms with van der Waals surface area (Å²) in [5.74, 6) is 2.85. The third-order valence-electron chi connectivity index (χ3n) is 5.86. The molecule has 33 heavy (non-hydrogen) atoms. The summed E-state index contributed by atoms with van der Waals surface area (Å²) in [6, 6.07) is 16.3. The van der Waals surface area contributed by atoms with E-state index in [-0.39, 0.29) is 35.8 Å². The molecule has 2 aliphatic rings. The van der Waals surface area contributed by atoms with Gasteiger partial charge in [0, 0.05) is 52.0 Å². The number of rotatable bonds is 7. The number of amides is 1. The van der Waals surface area contributed by atoms with Crippen molar-refractivity contribution in [2.45, 2.75) is 25.8 Å². The number of benzene rings is 2. The molecule has 0 spiro atoms. The van der Waals surface area contributed by atoms with E-state index in [4.69, 9.17) is 9.47 Å². The molecule has 2 N–H and O–H groups in total. The van der Waals surface area contributed by atoms with Crippen LogP contribution in [0.15, 0.2) is 53.5 Å². The average Bonchev–Trinajstić information content (AvgIpc) is 3.02. The Morgan fingerprint density at radius 2 is 1.85 bits per heavy atom. The van der Waals surface area contributed by atoms with Gasteiger partial charge in [0.1, 0.15) is 0 Å². The van der Waals surface area contributed by atoms with Gasteiger partial charge in [0.05, 0.1) is 13.2 Å². The second-order valence-corrected chi connectivity index (χ2v) is 8.28. The van der Waals surface area contributed by atoms with Gasteiger partial charge in [-0.05, 0) is 29.7 Å². The number of hydrogen-bond donors (Lipinski definition) is 2. The van der Waals surface area contributed by atoms with E-state index in [0.717, 1.165) is 49.0 Å². The van der Waals surface area contributed by atoms with Crippen molar-refractivity contribution in [2.24, 2.45) is 10.9 Å². The Balaban J connectivity index is 0.00000306. The number of fused-ring (bicyclic) bond motifs is 1. The predicted molar refractivity (Wildman–Crippen MR) is 140 cm³/mol. The van der Waals surface area contributed by atoms with Crippen molar-refractivity contribution in [1.29, 1.82) is 0 Å². The number of nitrogens with one attached hydrogen (secondary N) is 2. The van der Waals surface area contributed by atoms with Gasteiger partial charge in [-0.15, -0.1) is 24.0 Å². The molecule has 2 heterocycles. The second kappa shape index (κ2) is 12.7. The molecular formula is C25H33IN4O3. The molecule has 0 bridgehead atoms. The fourth-order valence-electron chi connectivity index (χ4n) is 4.08. The summed E-state index contributed by atoms with van der Waals surface area (Å²) >= 11 is 0. The SMILES string of the molecule is CN=C(NCc1ccc2c(c1)OCCCO2)NCC1CC(=O)N(CCc2ccccc2)C1.I. The van der Waals surface area contributed by atoms with Crippen LogP contribution in [-0.2, 0) is 17.8 Å². The van der Waals surface area contributed by atoms with E-state index in [1.807, 2.05) is 41.3 Å². The maximum absolute atomic E-state index is 12.4. The lowest BCUT2D eigenvalue weighted by atomic mass is 10.1. The molecular weight excluding hydrogens is 531 g/mol. The zero-order valence-corrected chi connectivity index (χ0v) is 21.4. The first-order valence-corrected chi connectivity index (χ1v) is 11.4. The zero-order valence-electron chi connectivity index (χ0n) is 19.1. The van der Waals surface area contributed by atoms with E-state index < -0.39 is 0 Å². The van der Waals surface area contributed by atoms with Crippen molar-refractivity contribution < 1.29 is 14.3 Å². The highest BCUT2D eigenvalue weighted by Crippen LogP contribution is 2.30. The van der Waals surface area contributed by atoms with Gasteiger partial charge in [-0.3, -0.25) is 9.79 Å². The zero-order chi connectivity index (χ0) is 22.2. The molecule has 0 aliphatic carbocycles. The number of aliphatic imine (C=N–C) groups is 1. The van der Waals surface area contributed by atoms with Crippen LogP contribution in [0.5, 0.6) is 11.5 Å². The van der Waals surface area contributed by atoms with Crippen molar-refractivity contribution in [2.75, 3.05) is 39.9 Å². The molecule has 8 heteroatoms. The Morgan fingerprint density at radius 3 is 2.64 bits per heavy atom. The van der Waals surface area contributed by atoms with Crippen LogP contribution in [-0.4, -0.2) is 56.7 Å². The molecule has 2 aromatic carbocycles. The number of guanidine groups is 1. The first kappa shape index (κ1) is 25.1. The van der Waals surface area contributed by atoms with E-state index in [9.17, 15) is 4.79 Å². The van der Waals surface area contributed by atoms with E-state index >= 15 is 0 Å². The Morgan fingerprint density at radius 1 is 1.06 bits per heavy atom. The van der Waals surface area contributed by atoms with Gasteiger partial charge >= 0.3 is 0 Å². The summed E-state index contributed by atoms with van der Waals surface area (Å²) in [6.07, 6.45) is 2.37. The summed E-state index contributed by atoms with van der Waals surface area (Å²) in [5, 5.41) is 6.72. The van der Waals surface area contributed by atoms with Crippen LogP contribution in [0.4, 0.5) is 0 Å². The minimum Gasteiger partial charge on any atom is -0.490 e. The van der Waals surface area contributed by atoms with Crippen LogP contribution in [0.2, 0.25) is 0 Å². The van der Waals surface area contributed by atoms with Crippen molar-refractivity contribution >= 4 is 35.8 Å². The summed E-state index contributed by atoms with van der Waals surface area (Å²) in [4.78, 5) is 18.7. The molecule has 178 valence electrons. The number of nitrogens with zero attached hydrogens (tertiary/aromatic N) is 2. The van der Waals surface area contributed by atoms with Crippen LogP contribution < -0.4 is 20.1 Å². The van der Waals surface area contributed by atoms with Crippen LogP contribution >= 0.6 is 24.0 Å². The summed E-state index contributed by atoms with van der Waals surface area (Å²) < 4.78 is 11.5. The molecule has 1 saturated heterocycles. The molecule has 2 aromatic rings. The molecule has 1 amide bonds. The van der Waals surface area contributed by atoms with Gasteiger partial charge in [0.25, 0.3) is 0 Å². The monoisotopic (exact) mass is 564 g/mol. The predicted octanol–water partition coefficient (Wildman–Crippen LogP) is 3.22. The summed E-state index contributed by atoms with van der Waals surface area (Å²) in [5.41, 5.74) is 2.36. The lowest BCUT2D eigenvalue weighted by Gasteiger charge is -2.18. The van der Waals surface area contributed by atoms with Gasteiger partial charge in [-0.2, -0.15) is 0 Å². The largest absolute Gasteiger partial charge is 0.490 e. The minimum absolute atomic E-state index is 0. The third kappa shape index (κ3) is 7.25. The maximum atomic E-state index is 12.4. The minimum atomic E-state index is 0. The van der Waals surface area contributed by atoms with Crippen LogP contribution in [0, 0.1) is 5.92 Å². The Hall–Kier alpha value is -2.49. The Bertz CT molecular complexity index is 939. The van der Waals surface area contributed by atoms with Crippen molar-refractivity contribution in [1.82, 2.24) is 15.5 Å². The average molecular weight is 564 g/mol. The fraction of sp³-hybridized carbons (Fsp3) is 0.440. The van der Waals surface area contributed by atoms with Gasteiger partial charge in [0.2, 0.25) is 5.91 Å². The van der Waals surface area contributed by atoms with E-state index in [1.165, 1.54) is 5.56 Å². The van der Waals surface area contributed by atoms with Crippen LogP contribution in [0.3, 0.4) is 0 Å². The Labute approximate surface area is 213 Å². The van der Waals surface area contributed by atoms with Gasteiger partial charge in [0.15, 0.2) is 17.5 Å². The van der Waals surface area contributed by atoms with Crippen molar-refractivity contribution in [3.63, 3.8) is 0 Å². The van der Waals surface area contributed by atoms with E-state index in [1.54, 1.807) is 7.05 Å². The molecule has 7 nitrogen and oxygen atoms in total. The molecule has 4 rings (SSSR count). The smallest absolute Gasteiger partial charge is 0.223 e. The van der Waals surface area contributed by atoms with E-state index in [2.05, 4.69) is 27.8 Å². The highest BCUT2D eigenvalue weighted by atomic mass is 127. The normalized spacial score (nSPS) is 17.8. The number of ether oxygens (including phenoxy) is 2. The summed E-state index contributed by atoms with van der Waals surface area (Å²) in [7, 11) is 1.76. The molecule has 2 aliphatic heterocycles. The first-order valence-electron chi connectivity index (χ1n) is 11.4. The number of likely N-dealkylation sites (tertiary alicyclic amines) is 1. The van der Waals surface area contributed by atoms with Crippen molar-refractivity contribution in [3.05, 3.63) is 59.7 Å². The van der Waals surface area contributed by atoms with Gasteiger partial charge < -0.3 is 25.0 Å². The van der Waals surface area contributed by atoms with Crippen LogP contribution in [0.25, 0.3) is 0 Å². The molecule has 0 radical (unpaired) electrons. The lowest BCUT2D eigenvalue weighted by Crippen LogP contribution is -2.40. The Kier molecular flexibility index (Phi) is 9.65. The standard InChI is InChI=1S/C25H32N4O3.HI/c1-26-25(27-16-20-8-9-22-23(14-20)32-13-5-12-31-22)28-17-21-15-24(30)29(18-21)11-10-19-6-3-2-4-7-19;/h2-4,6-9,14,21H,5,10-13,15-18H2,1H3,(H2,26,27,28);1H. The topological polar surface area (TPSA) is 75.2 Å². The van der Waals surface area contributed by atoms with E-state index in [0.29, 0.717) is 32.7 Å². The fourth-order valence-corrected chi connectivity index (χ4v) is 4.08. The number of carbonyl (C=O) groups excluding carboxylic acids is 1. The van der Waals surface area contributed by atoms with Gasteiger partial charge in [-0.1, -0.05) is 36.4 Å².